The lowest BCUT2D eigenvalue weighted by Crippen LogP contribution is -2.44. The van der Waals surface area contributed by atoms with E-state index in [1.54, 1.807) is 121 Å². The summed E-state index contributed by atoms with van der Waals surface area (Å²) in [5, 5.41) is 51.3. The number of methoxy groups -OCH3 is 2. The van der Waals surface area contributed by atoms with Crippen molar-refractivity contribution in [3.63, 3.8) is 0 Å². The van der Waals surface area contributed by atoms with Crippen LogP contribution in [0.3, 0.4) is 0 Å². The van der Waals surface area contributed by atoms with Crippen molar-refractivity contribution in [3.8, 4) is 104 Å². The molecule has 0 unspecified atom stereocenters. The smallest absolute Gasteiger partial charge is 0.275 e. The predicted molar refractivity (Wildman–Crippen MR) is 514 cm³/mol. The molecule has 708 valence electrons. The Kier molecular flexibility index (Phi) is 34.1. The van der Waals surface area contributed by atoms with Crippen LogP contribution in [0.4, 0.5) is 52.1 Å². The molecular formula is C100H105N25O13. The number of hydrogen-bond donors (Lipinski definition) is 4. The minimum Gasteiger partial charge on any atom is -0.496 e. The Morgan fingerprint density at radius 3 is 1.04 bits per heavy atom. The number of rotatable bonds is 26. The standard InChI is InChI=1S/C26H29N7O2.2C25H26N6O4.C24H24N6O3/c1-32-8-10-33(11-9-32)21-3-5-25(28-17-21)31-26-15-23(29-18-30-26)19-2-4-24(20(14-19)16-27)35-22-6-12-34-13-7-22;1-31(2)25(32)24-22(33-3)11-18(14-27-24)30-23-12-20(28-15-29-23)16-4-5-21(17(10-16)13-26)35-19-6-8-34-9-7-19;1-31(2)25(32)19-14-27-24(12-22(19)33-3)30-23-11-20(28-15-29-23)16-4-5-21(17(10-16)13-26)35-18-6-8-34-9-7-18;1-30(2)24(31)17-4-6-22(26-14-17)29-23-12-20(27-15-28-23)16-3-5-21(18(11-16)13-25)33-19-7-9-32-10-8-19/h2-5,14-15,17-18,22H,6-13H2,1H3,(H,28,29,30,31);4-5,10-12,14-15,19H,6-9H2,1-3H3,(H,28,29,30);4-5,10-12,14-15,18H,6-9H2,1-3H3,(H,27,28,29,30);3-6,11-12,14-15,19H,7-10H2,1-2H3,(H,26,27,28,29). The highest BCUT2D eigenvalue weighted by Crippen LogP contribution is 2.36. The zero-order valence-corrected chi connectivity index (χ0v) is 78.0. The van der Waals surface area contributed by atoms with Crippen molar-refractivity contribution in [2.45, 2.75) is 75.8 Å². The molecule has 38 heteroatoms. The third kappa shape index (κ3) is 26.7. The van der Waals surface area contributed by atoms with E-state index in [9.17, 15) is 35.4 Å². The summed E-state index contributed by atoms with van der Waals surface area (Å²) in [5.74, 6) is 6.36. The molecule has 5 aliphatic heterocycles. The van der Waals surface area contributed by atoms with Gasteiger partial charge in [0, 0.05) is 191 Å². The van der Waals surface area contributed by atoms with E-state index in [4.69, 9.17) is 47.4 Å². The predicted octanol–water partition coefficient (Wildman–Crippen LogP) is 13.7. The number of nitrogens with one attached hydrogen (secondary N) is 4. The quantitative estimate of drug-likeness (QED) is 0.0391. The number of aromatic nitrogens is 12. The van der Waals surface area contributed by atoms with Gasteiger partial charge in [-0.05, 0) is 104 Å². The van der Waals surface area contributed by atoms with Crippen molar-refractivity contribution in [1.82, 2.24) is 79.4 Å². The van der Waals surface area contributed by atoms with Crippen molar-refractivity contribution in [2.24, 2.45) is 0 Å². The Hall–Kier alpha value is -16.2. The largest absolute Gasteiger partial charge is 0.496 e. The fraction of sp³-hybridized carbons (Fsp3) is 0.330. The third-order valence-electron chi connectivity index (χ3n) is 22.6. The van der Waals surface area contributed by atoms with E-state index in [-0.39, 0.29) is 47.8 Å². The molecule has 4 aromatic carbocycles. The third-order valence-corrected chi connectivity index (χ3v) is 22.6. The van der Waals surface area contributed by atoms with Gasteiger partial charge in [0.25, 0.3) is 17.7 Å². The van der Waals surface area contributed by atoms with Crippen LogP contribution in [-0.2, 0) is 18.9 Å². The molecule has 0 radical (unpaired) electrons. The molecule has 0 atom stereocenters. The summed E-state index contributed by atoms with van der Waals surface area (Å²) < 4.78 is 56.4. The van der Waals surface area contributed by atoms with E-state index in [1.807, 2.05) is 54.7 Å². The molecule has 8 aromatic heterocycles. The second-order valence-corrected chi connectivity index (χ2v) is 32.9. The van der Waals surface area contributed by atoms with Crippen molar-refractivity contribution < 1.29 is 61.8 Å². The normalized spacial score (nSPS) is 14.5. The zero-order valence-electron chi connectivity index (χ0n) is 78.0. The minimum atomic E-state index is -0.254. The number of carbonyl (C=O) groups is 3. The highest BCUT2D eigenvalue weighted by atomic mass is 16.5. The minimum absolute atomic E-state index is 0.0421. The number of benzene rings is 4. The van der Waals surface area contributed by atoms with Gasteiger partial charge < -0.3 is 93.1 Å². The van der Waals surface area contributed by atoms with Crippen LogP contribution in [0.5, 0.6) is 34.5 Å². The van der Waals surface area contributed by atoms with Gasteiger partial charge in [-0.1, -0.05) is 0 Å². The van der Waals surface area contributed by atoms with Crippen LogP contribution < -0.4 is 54.6 Å². The van der Waals surface area contributed by atoms with Crippen LogP contribution in [0, 0.1) is 45.3 Å². The first-order valence-electron chi connectivity index (χ1n) is 44.8. The average molecular weight is 1870 g/mol. The van der Waals surface area contributed by atoms with Gasteiger partial charge >= 0.3 is 0 Å². The van der Waals surface area contributed by atoms with E-state index >= 15 is 0 Å². The topological polar surface area (TPSA) is 458 Å². The number of hydrogen-bond acceptors (Lipinski definition) is 35. The fourth-order valence-corrected chi connectivity index (χ4v) is 15.0. The van der Waals surface area contributed by atoms with Crippen LogP contribution in [0.15, 0.2) is 184 Å². The maximum absolute atomic E-state index is 12.3. The lowest BCUT2D eigenvalue weighted by Gasteiger charge is -2.33. The number of piperazine rings is 1. The molecule has 0 saturated carbocycles. The van der Waals surface area contributed by atoms with Crippen molar-refractivity contribution in [2.75, 3.05) is 169 Å². The van der Waals surface area contributed by atoms with Gasteiger partial charge in [0.05, 0.1) is 147 Å². The molecule has 13 heterocycles. The molecule has 5 aliphatic rings. The van der Waals surface area contributed by atoms with Crippen molar-refractivity contribution in [1.29, 1.82) is 21.0 Å². The Morgan fingerprint density at radius 1 is 0.348 bits per heavy atom. The first-order chi connectivity index (χ1) is 67.2. The van der Waals surface area contributed by atoms with Crippen LogP contribution in [0.1, 0.15) is 105 Å². The first-order valence-corrected chi connectivity index (χ1v) is 44.8. The Balaban J connectivity index is 0.000000147. The van der Waals surface area contributed by atoms with E-state index in [1.165, 1.54) is 72.8 Å². The van der Waals surface area contributed by atoms with Gasteiger partial charge in [0.15, 0.2) is 11.4 Å². The molecule has 17 rings (SSSR count). The molecule has 0 spiro atoms. The number of likely N-dealkylation sites (N-methyl/N-ethyl adjacent to an activating group) is 1. The van der Waals surface area contributed by atoms with Gasteiger partial charge in [-0.3, -0.25) is 14.4 Å². The molecule has 5 fully saturated rings. The zero-order chi connectivity index (χ0) is 96.8. The van der Waals surface area contributed by atoms with Crippen LogP contribution in [0.2, 0.25) is 0 Å². The molecule has 5 saturated heterocycles. The Bertz CT molecular complexity index is 6180. The number of amides is 3. The molecule has 38 nitrogen and oxygen atoms in total. The first kappa shape index (κ1) is 97.8. The summed E-state index contributed by atoms with van der Waals surface area (Å²) in [6, 6.07) is 48.7. The van der Waals surface area contributed by atoms with E-state index in [0.29, 0.717) is 190 Å². The number of nitrogens with zero attached hydrogens (tertiary/aromatic N) is 21. The fourth-order valence-electron chi connectivity index (χ4n) is 15.0. The lowest BCUT2D eigenvalue weighted by molar-refractivity contribution is 0.0252. The number of ether oxygens (including phenoxy) is 10. The lowest BCUT2D eigenvalue weighted by atomic mass is 10.1. The summed E-state index contributed by atoms with van der Waals surface area (Å²) in [4.78, 5) is 97.7. The van der Waals surface area contributed by atoms with Gasteiger partial charge in [-0.25, -0.2) is 59.8 Å². The summed E-state index contributed by atoms with van der Waals surface area (Å²) in [7, 11) is 15.1. The number of pyridine rings is 4. The van der Waals surface area contributed by atoms with Gasteiger partial charge in [-0.2, -0.15) is 21.0 Å². The maximum Gasteiger partial charge on any atom is 0.275 e. The summed E-state index contributed by atoms with van der Waals surface area (Å²) in [6.45, 7) is 9.50. The number of nitriles is 4. The van der Waals surface area contributed by atoms with Crippen LogP contribution in [-0.4, -0.2) is 264 Å². The second kappa shape index (κ2) is 48.1. The number of anilines is 9. The Labute approximate surface area is 798 Å². The van der Waals surface area contributed by atoms with Gasteiger partial charge in [0.1, 0.15) is 143 Å². The molecule has 12 aromatic rings. The van der Waals surface area contributed by atoms with Crippen molar-refractivity contribution >= 4 is 69.8 Å². The molecule has 4 N–H and O–H groups in total. The van der Waals surface area contributed by atoms with Crippen LogP contribution in [0.25, 0.3) is 45.0 Å². The Morgan fingerprint density at radius 2 is 0.696 bits per heavy atom. The van der Waals surface area contributed by atoms with E-state index < -0.39 is 0 Å². The maximum atomic E-state index is 12.3. The second-order valence-electron chi connectivity index (χ2n) is 32.9. The number of carbonyl (C=O) groups excluding carboxylic acids is 3. The molecule has 138 heavy (non-hydrogen) atoms. The summed E-state index contributed by atoms with van der Waals surface area (Å²) in [6.07, 6.45) is 18.9. The summed E-state index contributed by atoms with van der Waals surface area (Å²) >= 11 is 0. The molecule has 3 amide bonds. The van der Waals surface area contributed by atoms with Crippen LogP contribution >= 0.6 is 0 Å². The highest BCUT2D eigenvalue weighted by molar-refractivity contribution is 5.97. The highest BCUT2D eigenvalue weighted by Gasteiger charge is 2.26. The monoisotopic (exact) mass is 1860 g/mol. The van der Waals surface area contributed by atoms with E-state index in [2.05, 4.69) is 128 Å². The van der Waals surface area contributed by atoms with Crippen molar-refractivity contribution in [3.05, 3.63) is 223 Å². The van der Waals surface area contributed by atoms with Gasteiger partial charge in [0.2, 0.25) is 0 Å². The average Bonchev–Trinajstić information content (AvgIpc) is 0.817. The van der Waals surface area contributed by atoms with Gasteiger partial charge in [-0.15, -0.1) is 0 Å². The molecule has 0 bridgehead atoms. The molecule has 0 aliphatic carbocycles. The SMILES string of the molecule is CN(C)C(=O)c1ccc(Nc2cc(-c3ccc(OC4CCOCC4)c(C#N)c3)ncn2)nc1.CN1CCN(c2ccc(Nc3cc(-c4ccc(OC5CCOCC5)c(C#N)c4)ncn3)nc2)CC1.COc1cc(Nc2cc(-c3ccc(OC4CCOCC4)c(C#N)c3)ncn2)cnc1C(=O)N(C)C.COc1cc(Nc2cc(-c3ccc(OC4CCOCC4)c(C#N)c3)ncn2)ncc1C(=O)N(C)C. The van der Waals surface area contributed by atoms with E-state index in [0.717, 1.165) is 105 Å². The summed E-state index contributed by atoms with van der Waals surface area (Å²) in [5.41, 5.74) is 10.4. The molecular weight excluding hydrogens is 1760 g/mol.